The Kier molecular flexibility index (Phi) is 3.07. The molecule has 1 aliphatic rings. The molecule has 0 fully saturated rings. The van der Waals surface area contributed by atoms with Crippen LogP contribution in [0.3, 0.4) is 0 Å². The predicted molar refractivity (Wildman–Crippen MR) is 74.4 cm³/mol. The lowest BCUT2D eigenvalue weighted by Crippen LogP contribution is -2.32. The number of rotatable bonds is 1. The van der Waals surface area contributed by atoms with Gasteiger partial charge in [-0.15, -0.1) is 0 Å². The third kappa shape index (κ3) is 2.14. The highest BCUT2D eigenvalue weighted by atomic mass is 16.2. The Morgan fingerprint density at radius 3 is 3.00 bits per heavy atom. The molecule has 0 aliphatic carbocycles. The average molecular weight is 255 g/mol. The summed E-state index contributed by atoms with van der Waals surface area (Å²) in [7, 11) is 0. The Hall–Kier alpha value is -2.10. The van der Waals surface area contributed by atoms with Crippen LogP contribution in [0.1, 0.15) is 41.7 Å². The third-order valence-corrected chi connectivity index (χ3v) is 3.75. The topological polar surface area (TPSA) is 49.0 Å². The smallest absolute Gasteiger partial charge is 0.276 e. The van der Waals surface area contributed by atoms with Crippen LogP contribution in [0.2, 0.25) is 0 Å². The van der Waals surface area contributed by atoms with Crippen molar-refractivity contribution in [3.63, 3.8) is 0 Å². The van der Waals surface area contributed by atoms with E-state index in [1.54, 1.807) is 12.3 Å². The van der Waals surface area contributed by atoms with E-state index in [1.165, 1.54) is 5.56 Å². The van der Waals surface area contributed by atoms with Crippen molar-refractivity contribution in [2.24, 2.45) is 0 Å². The van der Waals surface area contributed by atoms with Gasteiger partial charge in [-0.2, -0.15) is 5.10 Å². The Bertz CT molecular complexity index is 577. The van der Waals surface area contributed by atoms with Crippen molar-refractivity contribution in [3.8, 4) is 0 Å². The fourth-order valence-corrected chi connectivity index (χ4v) is 2.71. The largest absolute Gasteiger partial charge is 0.307 e. The first kappa shape index (κ1) is 12.0. The van der Waals surface area contributed by atoms with Crippen molar-refractivity contribution in [1.82, 2.24) is 10.2 Å². The lowest BCUT2D eigenvalue weighted by atomic mass is 9.96. The standard InChI is InChI=1S/C15H17N3O/c1-11-5-4-10-18(14-7-3-2-6-12(11)14)15(19)13-8-9-16-17-13/h2-3,6-9,11H,4-5,10H2,1H3,(H,16,17)/t11-/m0/s1. The van der Waals surface area contributed by atoms with Gasteiger partial charge in [0, 0.05) is 18.4 Å². The second-order valence-electron chi connectivity index (χ2n) is 5.03. The minimum atomic E-state index is -0.000880. The van der Waals surface area contributed by atoms with E-state index in [0.717, 1.165) is 25.1 Å². The minimum Gasteiger partial charge on any atom is -0.307 e. The van der Waals surface area contributed by atoms with Gasteiger partial charge >= 0.3 is 0 Å². The van der Waals surface area contributed by atoms with Gasteiger partial charge in [-0.1, -0.05) is 25.1 Å². The number of anilines is 1. The Labute approximate surface area is 112 Å². The molecule has 0 saturated heterocycles. The number of para-hydroxylation sites is 1. The Morgan fingerprint density at radius 2 is 2.21 bits per heavy atom. The van der Waals surface area contributed by atoms with Gasteiger partial charge in [0.15, 0.2) is 0 Å². The summed E-state index contributed by atoms with van der Waals surface area (Å²) >= 11 is 0. The SMILES string of the molecule is C[C@H]1CCCN(C(=O)c2ccn[nH]2)c2ccccc21. The summed E-state index contributed by atoms with van der Waals surface area (Å²) < 4.78 is 0. The predicted octanol–water partition coefficient (Wildman–Crippen LogP) is 2.95. The lowest BCUT2D eigenvalue weighted by molar-refractivity contribution is 0.0982. The molecule has 0 unspecified atom stereocenters. The fraction of sp³-hybridized carbons (Fsp3) is 0.333. The third-order valence-electron chi connectivity index (χ3n) is 3.75. The summed E-state index contributed by atoms with van der Waals surface area (Å²) in [6.45, 7) is 2.99. The molecule has 1 aromatic carbocycles. The molecule has 98 valence electrons. The van der Waals surface area contributed by atoms with E-state index in [9.17, 15) is 4.79 Å². The summed E-state index contributed by atoms with van der Waals surface area (Å²) in [6.07, 6.45) is 3.75. The minimum absolute atomic E-state index is 0.000880. The maximum absolute atomic E-state index is 12.5. The highest BCUT2D eigenvalue weighted by Gasteiger charge is 2.25. The number of amides is 1. The molecule has 1 aliphatic heterocycles. The normalized spacial score (nSPS) is 18.8. The van der Waals surface area contributed by atoms with Crippen LogP contribution < -0.4 is 4.90 Å². The van der Waals surface area contributed by atoms with Crippen molar-refractivity contribution in [2.75, 3.05) is 11.4 Å². The summed E-state index contributed by atoms with van der Waals surface area (Å²) in [5, 5.41) is 6.62. The van der Waals surface area contributed by atoms with Gasteiger partial charge in [0.2, 0.25) is 0 Å². The van der Waals surface area contributed by atoms with Crippen LogP contribution in [-0.4, -0.2) is 22.6 Å². The highest BCUT2D eigenvalue weighted by molar-refractivity contribution is 6.05. The van der Waals surface area contributed by atoms with E-state index >= 15 is 0 Å². The zero-order chi connectivity index (χ0) is 13.2. The van der Waals surface area contributed by atoms with Crippen LogP contribution in [-0.2, 0) is 0 Å². The number of aromatic nitrogens is 2. The van der Waals surface area contributed by atoms with Gasteiger partial charge in [0.05, 0.1) is 0 Å². The molecule has 2 heterocycles. The zero-order valence-electron chi connectivity index (χ0n) is 11.0. The summed E-state index contributed by atoms with van der Waals surface area (Å²) in [4.78, 5) is 14.4. The molecule has 1 atom stereocenters. The van der Waals surface area contributed by atoms with Gasteiger partial charge in [-0.3, -0.25) is 9.89 Å². The number of benzene rings is 1. The van der Waals surface area contributed by atoms with Crippen LogP contribution in [0.15, 0.2) is 36.5 Å². The van der Waals surface area contributed by atoms with E-state index in [1.807, 2.05) is 23.1 Å². The quantitative estimate of drug-likeness (QED) is 0.851. The lowest BCUT2D eigenvalue weighted by Gasteiger charge is -2.22. The van der Waals surface area contributed by atoms with E-state index in [2.05, 4.69) is 23.2 Å². The summed E-state index contributed by atoms with van der Waals surface area (Å²) in [5.41, 5.74) is 2.84. The second-order valence-corrected chi connectivity index (χ2v) is 5.03. The maximum Gasteiger partial charge on any atom is 0.276 e. The molecule has 19 heavy (non-hydrogen) atoms. The molecule has 0 spiro atoms. The van der Waals surface area contributed by atoms with Crippen molar-refractivity contribution >= 4 is 11.6 Å². The number of carbonyl (C=O) groups excluding carboxylic acids is 1. The molecule has 0 bridgehead atoms. The molecule has 1 aromatic heterocycles. The fourth-order valence-electron chi connectivity index (χ4n) is 2.71. The Balaban J connectivity index is 2.02. The van der Waals surface area contributed by atoms with Crippen LogP contribution in [0.4, 0.5) is 5.69 Å². The van der Waals surface area contributed by atoms with E-state index in [-0.39, 0.29) is 5.91 Å². The van der Waals surface area contributed by atoms with Crippen molar-refractivity contribution in [2.45, 2.75) is 25.7 Å². The molecule has 4 heteroatoms. The number of hydrogen-bond acceptors (Lipinski definition) is 2. The zero-order valence-corrected chi connectivity index (χ0v) is 11.0. The number of hydrogen-bond donors (Lipinski definition) is 1. The molecular formula is C15H17N3O. The van der Waals surface area contributed by atoms with Crippen LogP contribution in [0.25, 0.3) is 0 Å². The van der Waals surface area contributed by atoms with E-state index in [4.69, 9.17) is 0 Å². The molecule has 3 rings (SSSR count). The van der Waals surface area contributed by atoms with Gasteiger partial charge in [0.1, 0.15) is 5.69 Å². The number of nitrogens with zero attached hydrogens (tertiary/aromatic N) is 2. The van der Waals surface area contributed by atoms with Crippen molar-refractivity contribution in [3.05, 3.63) is 47.8 Å². The van der Waals surface area contributed by atoms with Crippen LogP contribution in [0.5, 0.6) is 0 Å². The number of H-pyrrole nitrogens is 1. The van der Waals surface area contributed by atoms with Gasteiger partial charge in [-0.25, -0.2) is 0 Å². The highest BCUT2D eigenvalue weighted by Crippen LogP contribution is 2.34. The average Bonchev–Trinajstić information content (AvgIpc) is 2.91. The van der Waals surface area contributed by atoms with Crippen LogP contribution in [0, 0.1) is 0 Å². The second kappa shape index (κ2) is 4.88. The molecule has 4 nitrogen and oxygen atoms in total. The van der Waals surface area contributed by atoms with Gasteiger partial charge < -0.3 is 4.90 Å². The summed E-state index contributed by atoms with van der Waals surface area (Å²) in [5.74, 6) is 0.495. The Morgan fingerprint density at radius 1 is 1.37 bits per heavy atom. The van der Waals surface area contributed by atoms with Crippen LogP contribution >= 0.6 is 0 Å². The monoisotopic (exact) mass is 255 g/mol. The summed E-state index contributed by atoms with van der Waals surface area (Å²) in [6, 6.07) is 9.91. The molecule has 1 N–H and O–H groups in total. The van der Waals surface area contributed by atoms with Crippen molar-refractivity contribution < 1.29 is 4.79 Å². The molecular weight excluding hydrogens is 238 g/mol. The molecule has 1 amide bonds. The first-order valence-electron chi connectivity index (χ1n) is 6.67. The maximum atomic E-state index is 12.5. The van der Waals surface area contributed by atoms with Crippen molar-refractivity contribution in [1.29, 1.82) is 0 Å². The van der Waals surface area contributed by atoms with E-state index in [0.29, 0.717) is 11.6 Å². The molecule has 2 aromatic rings. The number of nitrogens with one attached hydrogen (secondary N) is 1. The molecule has 0 saturated carbocycles. The number of aromatic amines is 1. The number of fused-ring (bicyclic) bond motifs is 1. The number of carbonyl (C=O) groups is 1. The van der Waals surface area contributed by atoms with E-state index < -0.39 is 0 Å². The first-order valence-corrected chi connectivity index (χ1v) is 6.67. The molecule has 0 radical (unpaired) electrons. The van der Waals surface area contributed by atoms with Gasteiger partial charge in [-0.05, 0) is 36.5 Å². The first-order chi connectivity index (χ1) is 9.27. The van der Waals surface area contributed by atoms with Gasteiger partial charge in [0.25, 0.3) is 5.91 Å².